The molecule has 0 radical (unpaired) electrons. The molecule has 3 N–H and O–H groups in total. The molecule has 0 saturated heterocycles. The zero-order valence-corrected chi connectivity index (χ0v) is 12.1. The van der Waals surface area contributed by atoms with Crippen molar-refractivity contribution in [3.05, 3.63) is 57.6 Å². The van der Waals surface area contributed by atoms with E-state index in [0.717, 1.165) is 11.1 Å². The van der Waals surface area contributed by atoms with Crippen molar-refractivity contribution in [2.24, 2.45) is 0 Å². The highest BCUT2D eigenvalue weighted by atomic mass is 35.5. The van der Waals surface area contributed by atoms with Gasteiger partial charge in [-0.3, -0.25) is 9.59 Å². The number of anilines is 2. The molecule has 2 aromatic rings. The third-order valence-electron chi connectivity index (χ3n) is 3.68. The van der Waals surface area contributed by atoms with Crippen molar-refractivity contribution < 1.29 is 9.59 Å². The summed E-state index contributed by atoms with van der Waals surface area (Å²) >= 11 is 6.19. The van der Waals surface area contributed by atoms with Crippen LogP contribution in [0.15, 0.2) is 30.3 Å². The number of nitrogens with one attached hydrogen (secondary N) is 1. The van der Waals surface area contributed by atoms with E-state index in [4.69, 9.17) is 17.3 Å². The van der Waals surface area contributed by atoms with Gasteiger partial charge in [-0.05, 0) is 36.2 Å². The average molecular weight is 301 g/mol. The molecule has 0 fully saturated rings. The molecule has 0 aliphatic carbocycles. The summed E-state index contributed by atoms with van der Waals surface area (Å²) < 4.78 is 0. The molecule has 0 saturated carbocycles. The van der Waals surface area contributed by atoms with Gasteiger partial charge in [-0.1, -0.05) is 23.7 Å². The first-order valence-electron chi connectivity index (χ1n) is 6.49. The molecule has 0 unspecified atom stereocenters. The molecular weight excluding hydrogens is 288 g/mol. The summed E-state index contributed by atoms with van der Waals surface area (Å²) in [6, 6.07) is 8.51. The fourth-order valence-corrected chi connectivity index (χ4v) is 2.72. The molecule has 0 bridgehead atoms. The molecule has 5 heteroatoms. The Kier molecular flexibility index (Phi) is 3.18. The normalized spacial score (nSPS) is 13.0. The van der Waals surface area contributed by atoms with E-state index in [1.807, 2.05) is 0 Å². The van der Waals surface area contributed by atoms with Crippen molar-refractivity contribution >= 4 is 34.7 Å². The molecule has 1 aliphatic heterocycles. The van der Waals surface area contributed by atoms with Gasteiger partial charge in [0.1, 0.15) is 0 Å². The molecule has 0 atom stereocenters. The summed E-state index contributed by atoms with van der Waals surface area (Å²) in [7, 11) is 0. The fourth-order valence-electron chi connectivity index (χ4n) is 2.47. The minimum atomic E-state index is -0.188. The van der Waals surface area contributed by atoms with E-state index in [2.05, 4.69) is 5.32 Å². The highest BCUT2D eigenvalue weighted by Gasteiger charge is 2.23. The number of hydrogen-bond donors (Lipinski definition) is 2. The Morgan fingerprint density at radius 3 is 2.81 bits per heavy atom. The Hall–Kier alpha value is -2.33. The second-order valence-electron chi connectivity index (χ2n) is 5.06. The first kappa shape index (κ1) is 13.6. The maximum atomic E-state index is 12.7. The SMILES string of the molecule is Cc1c(N)cccc1C(=O)c1cc2c(cc1Cl)NC(=O)C2. The van der Waals surface area contributed by atoms with E-state index in [1.165, 1.54) is 0 Å². The standard InChI is InChI=1S/C16H13ClN2O2/c1-8-10(3-2-4-13(8)18)16(21)11-5-9-6-15(20)19-14(9)7-12(11)17/h2-5,7H,6,18H2,1H3,(H,19,20). The quantitative estimate of drug-likeness (QED) is 0.661. The van der Waals surface area contributed by atoms with Crippen LogP contribution in [0.25, 0.3) is 0 Å². The lowest BCUT2D eigenvalue weighted by Crippen LogP contribution is -2.07. The van der Waals surface area contributed by atoms with Crippen molar-refractivity contribution in [1.29, 1.82) is 0 Å². The Morgan fingerprint density at radius 2 is 2.05 bits per heavy atom. The number of benzene rings is 2. The molecule has 1 amide bonds. The number of carbonyl (C=O) groups excluding carboxylic acids is 2. The van der Waals surface area contributed by atoms with E-state index < -0.39 is 0 Å². The second kappa shape index (κ2) is 4.90. The lowest BCUT2D eigenvalue weighted by atomic mass is 9.96. The first-order chi connectivity index (χ1) is 9.97. The molecule has 0 aromatic heterocycles. The number of hydrogen-bond acceptors (Lipinski definition) is 3. The zero-order chi connectivity index (χ0) is 15.1. The predicted molar refractivity (Wildman–Crippen MR) is 82.8 cm³/mol. The maximum absolute atomic E-state index is 12.7. The lowest BCUT2D eigenvalue weighted by Gasteiger charge is -2.10. The Bertz CT molecular complexity index is 784. The largest absolute Gasteiger partial charge is 0.398 e. The monoisotopic (exact) mass is 300 g/mol. The summed E-state index contributed by atoms with van der Waals surface area (Å²) in [6.45, 7) is 1.80. The van der Waals surface area contributed by atoms with Crippen molar-refractivity contribution in [2.45, 2.75) is 13.3 Å². The maximum Gasteiger partial charge on any atom is 0.228 e. The van der Waals surface area contributed by atoms with Gasteiger partial charge in [0.25, 0.3) is 0 Å². The molecule has 1 aliphatic rings. The third-order valence-corrected chi connectivity index (χ3v) is 4.00. The van der Waals surface area contributed by atoms with Crippen LogP contribution in [0.5, 0.6) is 0 Å². The van der Waals surface area contributed by atoms with E-state index in [1.54, 1.807) is 37.3 Å². The number of halogens is 1. The van der Waals surface area contributed by atoms with Gasteiger partial charge in [0.2, 0.25) is 5.91 Å². The molecule has 106 valence electrons. The number of ketones is 1. The van der Waals surface area contributed by atoms with E-state index in [-0.39, 0.29) is 18.1 Å². The highest BCUT2D eigenvalue weighted by Crippen LogP contribution is 2.31. The van der Waals surface area contributed by atoms with Gasteiger partial charge >= 0.3 is 0 Å². The number of carbonyl (C=O) groups is 2. The van der Waals surface area contributed by atoms with Crippen LogP contribution < -0.4 is 11.1 Å². The highest BCUT2D eigenvalue weighted by molar-refractivity contribution is 6.35. The lowest BCUT2D eigenvalue weighted by molar-refractivity contribution is -0.115. The minimum absolute atomic E-state index is 0.0919. The third kappa shape index (κ3) is 2.28. The Morgan fingerprint density at radius 1 is 1.29 bits per heavy atom. The predicted octanol–water partition coefficient (Wildman–Crippen LogP) is 2.96. The number of amides is 1. The molecule has 0 spiro atoms. The van der Waals surface area contributed by atoms with Crippen LogP contribution in [0.1, 0.15) is 27.0 Å². The van der Waals surface area contributed by atoms with Gasteiger partial charge in [0.15, 0.2) is 5.78 Å². The van der Waals surface area contributed by atoms with Gasteiger partial charge in [0, 0.05) is 22.5 Å². The number of nitrogen functional groups attached to an aromatic ring is 1. The molecule has 1 heterocycles. The van der Waals surface area contributed by atoms with Crippen molar-refractivity contribution in [3.8, 4) is 0 Å². The molecule has 4 nitrogen and oxygen atoms in total. The average Bonchev–Trinajstić information content (AvgIpc) is 2.79. The summed E-state index contributed by atoms with van der Waals surface area (Å²) in [4.78, 5) is 24.1. The van der Waals surface area contributed by atoms with Gasteiger partial charge in [-0.15, -0.1) is 0 Å². The van der Waals surface area contributed by atoms with Crippen LogP contribution in [-0.4, -0.2) is 11.7 Å². The molecule has 2 aromatic carbocycles. The summed E-state index contributed by atoms with van der Waals surface area (Å²) in [5.74, 6) is -0.280. The number of fused-ring (bicyclic) bond motifs is 1. The van der Waals surface area contributed by atoms with Crippen molar-refractivity contribution in [1.82, 2.24) is 0 Å². The molecule has 21 heavy (non-hydrogen) atoms. The van der Waals surface area contributed by atoms with E-state index in [0.29, 0.717) is 27.5 Å². The summed E-state index contributed by atoms with van der Waals surface area (Å²) in [5.41, 5.74) is 9.51. The van der Waals surface area contributed by atoms with Crippen LogP contribution in [-0.2, 0) is 11.2 Å². The van der Waals surface area contributed by atoms with Gasteiger partial charge in [-0.2, -0.15) is 0 Å². The zero-order valence-electron chi connectivity index (χ0n) is 11.4. The van der Waals surface area contributed by atoms with Crippen LogP contribution in [0, 0.1) is 6.92 Å². The molecule has 3 rings (SSSR count). The van der Waals surface area contributed by atoms with Crippen molar-refractivity contribution in [2.75, 3.05) is 11.1 Å². The fraction of sp³-hybridized carbons (Fsp3) is 0.125. The van der Waals surface area contributed by atoms with Crippen LogP contribution in [0.2, 0.25) is 5.02 Å². The Balaban J connectivity index is 2.09. The van der Waals surface area contributed by atoms with Crippen LogP contribution in [0.4, 0.5) is 11.4 Å². The summed E-state index contributed by atoms with van der Waals surface area (Å²) in [6.07, 6.45) is 0.267. The van der Waals surface area contributed by atoms with E-state index in [9.17, 15) is 9.59 Å². The van der Waals surface area contributed by atoms with Crippen LogP contribution >= 0.6 is 11.6 Å². The van der Waals surface area contributed by atoms with Gasteiger partial charge < -0.3 is 11.1 Å². The number of nitrogens with two attached hydrogens (primary N) is 1. The van der Waals surface area contributed by atoms with E-state index >= 15 is 0 Å². The second-order valence-corrected chi connectivity index (χ2v) is 5.47. The first-order valence-corrected chi connectivity index (χ1v) is 6.87. The smallest absolute Gasteiger partial charge is 0.228 e. The molecular formula is C16H13ClN2O2. The summed E-state index contributed by atoms with van der Waals surface area (Å²) in [5, 5.41) is 3.03. The topological polar surface area (TPSA) is 72.2 Å². The number of rotatable bonds is 2. The van der Waals surface area contributed by atoms with Crippen LogP contribution in [0.3, 0.4) is 0 Å². The Labute approximate surface area is 126 Å². The van der Waals surface area contributed by atoms with Crippen molar-refractivity contribution in [3.63, 3.8) is 0 Å². The van der Waals surface area contributed by atoms with Gasteiger partial charge in [0.05, 0.1) is 11.4 Å². The minimum Gasteiger partial charge on any atom is -0.398 e. The van der Waals surface area contributed by atoms with Gasteiger partial charge in [-0.25, -0.2) is 0 Å².